The zero-order valence-corrected chi connectivity index (χ0v) is 14.8. The smallest absolute Gasteiger partial charge is 0.341 e. The number of likely N-dealkylation sites (N-methyl/N-ethyl adjacent to an activating group) is 1. The van der Waals surface area contributed by atoms with E-state index in [0.717, 1.165) is 35.5 Å². The molecule has 0 fully saturated rings. The van der Waals surface area contributed by atoms with Crippen LogP contribution in [0.5, 0.6) is 0 Å². The highest BCUT2D eigenvalue weighted by Crippen LogP contribution is 2.37. The van der Waals surface area contributed by atoms with Crippen molar-refractivity contribution >= 4 is 28.2 Å². The van der Waals surface area contributed by atoms with Gasteiger partial charge in [0.15, 0.2) is 0 Å². The van der Waals surface area contributed by atoms with Crippen LogP contribution in [0.1, 0.15) is 36.7 Å². The predicted molar refractivity (Wildman–Crippen MR) is 94.8 cm³/mol. The maximum Gasteiger partial charge on any atom is 0.341 e. The second-order valence-electron chi connectivity index (χ2n) is 6.01. The van der Waals surface area contributed by atoms with Gasteiger partial charge in [-0.2, -0.15) is 0 Å². The van der Waals surface area contributed by atoms with Crippen molar-refractivity contribution in [3.8, 4) is 0 Å². The molecular formula is C18H20N2O3S. The van der Waals surface area contributed by atoms with E-state index in [1.807, 2.05) is 26.1 Å². The summed E-state index contributed by atoms with van der Waals surface area (Å²) in [6.07, 6.45) is 0.785. The number of carbonyl (C=O) groups is 2. The fraction of sp³-hybridized carbons (Fsp3) is 0.333. The highest BCUT2D eigenvalue weighted by atomic mass is 32.1. The number of benzene rings is 1. The average molecular weight is 344 g/mol. The fourth-order valence-corrected chi connectivity index (χ4v) is 4.13. The van der Waals surface area contributed by atoms with E-state index in [1.165, 1.54) is 18.4 Å². The maximum atomic E-state index is 12.5. The van der Waals surface area contributed by atoms with E-state index in [1.54, 1.807) is 12.1 Å². The average Bonchev–Trinajstić information content (AvgIpc) is 2.91. The van der Waals surface area contributed by atoms with Gasteiger partial charge in [-0.1, -0.05) is 17.7 Å². The molecule has 1 aliphatic heterocycles. The van der Waals surface area contributed by atoms with Crippen LogP contribution >= 0.6 is 11.3 Å². The number of hydrogen-bond donors (Lipinski definition) is 1. The Bertz CT molecular complexity index is 780. The number of rotatable bonds is 3. The Labute approximate surface area is 145 Å². The Balaban J connectivity index is 1.93. The van der Waals surface area contributed by atoms with Crippen LogP contribution in [0.4, 0.5) is 5.00 Å². The van der Waals surface area contributed by atoms with E-state index < -0.39 is 5.97 Å². The quantitative estimate of drug-likeness (QED) is 0.870. The predicted octanol–water partition coefficient (Wildman–Crippen LogP) is 3.08. The van der Waals surface area contributed by atoms with E-state index in [2.05, 4.69) is 10.2 Å². The molecule has 0 radical (unpaired) electrons. The van der Waals surface area contributed by atoms with E-state index in [4.69, 9.17) is 4.74 Å². The molecule has 0 spiro atoms. The number of fused-ring (bicyclic) bond motifs is 1. The van der Waals surface area contributed by atoms with Crippen molar-refractivity contribution in [1.82, 2.24) is 4.90 Å². The molecule has 24 heavy (non-hydrogen) atoms. The third-order valence-electron chi connectivity index (χ3n) is 4.18. The molecule has 1 N–H and O–H groups in total. The van der Waals surface area contributed by atoms with Gasteiger partial charge in [0.2, 0.25) is 0 Å². The minimum atomic E-state index is -0.392. The number of esters is 1. The first-order valence-electron chi connectivity index (χ1n) is 7.79. The Kier molecular flexibility index (Phi) is 4.69. The summed E-state index contributed by atoms with van der Waals surface area (Å²) in [7, 11) is 3.41. The van der Waals surface area contributed by atoms with Crippen LogP contribution < -0.4 is 5.32 Å². The minimum Gasteiger partial charge on any atom is -0.465 e. The highest BCUT2D eigenvalue weighted by Gasteiger charge is 2.28. The van der Waals surface area contributed by atoms with Crippen molar-refractivity contribution in [2.24, 2.45) is 0 Å². The summed E-state index contributed by atoms with van der Waals surface area (Å²) in [6, 6.07) is 7.35. The molecule has 5 nitrogen and oxygen atoms in total. The van der Waals surface area contributed by atoms with Crippen molar-refractivity contribution in [3.05, 3.63) is 51.4 Å². The monoisotopic (exact) mass is 344 g/mol. The van der Waals surface area contributed by atoms with Gasteiger partial charge in [0, 0.05) is 23.5 Å². The van der Waals surface area contributed by atoms with Gasteiger partial charge >= 0.3 is 5.97 Å². The summed E-state index contributed by atoms with van der Waals surface area (Å²) in [4.78, 5) is 28.0. The molecule has 2 heterocycles. The SMILES string of the molecule is COC(=O)c1c(NC(=O)c2ccc(C)cc2)sc2c1CCN(C)C2. The first-order chi connectivity index (χ1) is 11.5. The van der Waals surface area contributed by atoms with Crippen LogP contribution in [0.25, 0.3) is 0 Å². The van der Waals surface area contributed by atoms with Crippen LogP contribution in [-0.4, -0.2) is 37.5 Å². The topological polar surface area (TPSA) is 58.6 Å². The van der Waals surface area contributed by atoms with Gasteiger partial charge < -0.3 is 15.0 Å². The summed E-state index contributed by atoms with van der Waals surface area (Å²) < 4.78 is 4.93. The lowest BCUT2D eigenvalue weighted by Crippen LogP contribution is -2.26. The zero-order chi connectivity index (χ0) is 17.3. The van der Waals surface area contributed by atoms with Gasteiger partial charge in [-0.25, -0.2) is 4.79 Å². The molecule has 0 aliphatic carbocycles. The molecule has 3 rings (SSSR count). The molecule has 0 unspecified atom stereocenters. The normalized spacial score (nSPS) is 14.1. The van der Waals surface area contributed by atoms with Crippen LogP contribution in [0, 0.1) is 6.92 Å². The number of hydrogen-bond acceptors (Lipinski definition) is 5. The lowest BCUT2D eigenvalue weighted by molar-refractivity contribution is 0.0600. The highest BCUT2D eigenvalue weighted by molar-refractivity contribution is 7.17. The molecule has 0 saturated heterocycles. The lowest BCUT2D eigenvalue weighted by Gasteiger charge is -2.22. The first kappa shape index (κ1) is 16.7. The number of nitrogens with zero attached hydrogens (tertiary/aromatic N) is 1. The van der Waals surface area contributed by atoms with E-state index >= 15 is 0 Å². The number of ether oxygens (including phenoxy) is 1. The van der Waals surface area contributed by atoms with E-state index in [0.29, 0.717) is 16.1 Å². The largest absolute Gasteiger partial charge is 0.465 e. The maximum absolute atomic E-state index is 12.5. The summed E-state index contributed by atoms with van der Waals surface area (Å²) in [6.45, 7) is 3.64. The van der Waals surface area contributed by atoms with Crippen molar-refractivity contribution in [1.29, 1.82) is 0 Å². The van der Waals surface area contributed by atoms with Gasteiger partial charge in [-0.15, -0.1) is 11.3 Å². The Morgan fingerprint density at radius 2 is 1.96 bits per heavy atom. The zero-order valence-electron chi connectivity index (χ0n) is 14.0. The number of aryl methyl sites for hydroxylation is 1. The van der Waals surface area contributed by atoms with Crippen molar-refractivity contribution < 1.29 is 14.3 Å². The molecule has 2 aromatic rings. The summed E-state index contributed by atoms with van der Waals surface area (Å²) in [5.74, 6) is -0.608. The second-order valence-corrected chi connectivity index (χ2v) is 7.11. The summed E-state index contributed by atoms with van der Waals surface area (Å²) in [5.41, 5.74) is 3.17. The van der Waals surface area contributed by atoms with E-state index in [-0.39, 0.29) is 5.91 Å². The van der Waals surface area contributed by atoms with E-state index in [9.17, 15) is 9.59 Å². The van der Waals surface area contributed by atoms with Crippen molar-refractivity contribution in [2.45, 2.75) is 19.9 Å². The van der Waals surface area contributed by atoms with Crippen LogP contribution in [0.15, 0.2) is 24.3 Å². The molecule has 0 saturated carbocycles. The summed E-state index contributed by atoms with van der Waals surface area (Å²) >= 11 is 1.46. The van der Waals surface area contributed by atoms with Gasteiger partial charge in [0.25, 0.3) is 5.91 Å². The number of anilines is 1. The molecule has 0 bridgehead atoms. The molecule has 1 aromatic heterocycles. The van der Waals surface area contributed by atoms with Gasteiger partial charge in [0.05, 0.1) is 12.7 Å². The third-order valence-corrected chi connectivity index (χ3v) is 5.31. The number of thiophene rings is 1. The van der Waals surface area contributed by atoms with Crippen molar-refractivity contribution in [3.63, 3.8) is 0 Å². The van der Waals surface area contributed by atoms with Crippen LogP contribution in [0.3, 0.4) is 0 Å². The lowest BCUT2D eigenvalue weighted by atomic mass is 10.0. The molecule has 126 valence electrons. The standard InChI is InChI=1S/C18H20N2O3S/c1-11-4-6-12(7-5-11)16(21)19-17-15(18(22)23-3)13-8-9-20(2)10-14(13)24-17/h4-7H,8-10H2,1-3H3,(H,19,21). The molecular weight excluding hydrogens is 324 g/mol. The van der Waals surface area contributed by atoms with Gasteiger partial charge in [-0.3, -0.25) is 4.79 Å². The summed E-state index contributed by atoms with van der Waals surface area (Å²) in [5, 5.41) is 3.47. The Morgan fingerprint density at radius 1 is 1.25 bits per heavy atom. The third kappa shape index (κ3) is 3.20. The Morgan fingerprint density at radius 3 is 2.62 bits per heavy atom. The molecule has 0 atom stereocenters. The minimum absolute atomic E-state index is 0.216. The van der Waals surface area contributed by atoms with Crippen LogP contribution in [0.2, 0.25) is 0 Å². The van der Waals surface area contributed by atoms with Crippen molar-refractivity contribution in [2.75, 3.05) is 26.0 Å². The second kappa shape index (κ2) is 6.75. The molecule has 1 aromatic carbocycles. The molecule has 1 aliphatic rings. The fourth-order valence-electron chi connectivity index (χ4n) is 2.82. The first-order valence-corrected chi connectivity index (χ1v) is 8.60. The molecule has 1 amide bonds. The number of amides is 1. The van der Waals surface area contributed by atoms with Gasteiger partial charge in [-0.05, 0) is 38.1 Å². The Hall–Kier alpha value is -2.18. The number of methoxy groups -OCH3 is 1. The van der Waals surface area contributed by atoms with Gasteiger partial charge in [0.1, 0.15) is 5.00 Å². The molecule has 6 heteroatoms. The number of nitrogens with one attached hydrogen (secondary N) is 1. The van der Waals surface area contributed by atoms with Crippen LogP contribution in [-0.2, 0) is 17.7 Å². The number of carbonyl (C=O) groups excluding carboxylic acids is 2.